The normalized spacial score (nSPS) is 14.1. The first-order valence-corrected chi connectivity index (χ1v) is 7.09. The van der Waals surface area contributed by atoms with E-state index in [1.54, 1.807) is 17.5 Å². The predicted octanol–water partition coefficient (Wildman–Crippen LogP) is 1.44. The third-order valence-electron chi connectivity index (χ3n) is 3.05. The van der Waals surface area contributed by atoms with E-state index in [-0.39, 0.29) is 12.5 Å². The van der Waals surface area contributed by atoms with Gasteiger partial charge in [0.25, 0.3) is 0 Å². The minimum atomic E-state index is -0.130. The minimum absolute atomic E-state index is 0.130. The predicted molar refractivity (Wildman–Crippen MR) is 74.0 cm³/mol. The molecule has 2 aromatic heterocycles. The number of anilines is 2. The molecule has 2 heterocycles. The van der Waals surface area contributed by atoms with Crippen LogP contribution in [-0.4, -0.2) is 20.7 Å². The number of fused-ring (bicyclic) bond motifs is 1. The Hall–Kier alpha value is -1.89. The molecule has 0 radical (unpaired) electrons. The standard InChI is InChI=1S/C12H15N5OS/c13-8-5-14-17(6-8)7-11(18)16-12-15-9-3-1-2-4-10(9)19-12/h5-6H,1-4,7,13H2,(H,15,16,18). The molecular formula is C12H15N5OS. The zero-order valence-corrected chi connectivity index (χ0v) is 11.2. The summed E-state index contributed by atoms with van der Waals surface area (Å²) in [5, 5.41) is 7.49. The highest BCUT2D eigenvalue weighted by Gasteiger charge is 2.16. The molecule has 3 rings (SSSR count). The fourth-order valence-corrected chi connectivity index (χ4v) is 3.24. The van der Waals surface area contributed by atoms with Gasteiger partial charge in [0, 0.05) is 11.1 Å². The Labute approximate surface area is 114 Å². The highest BCUT2D eigenvalue weighted by Crippen LogP contribution is 2.29. The Kier molecular flexibility index (Phi) is 3.20. The maximum Gasteiger partial charge on any atom is 0.247 e. The number of amides is 1. The van der Waals surface area contributed by atoms with E-state index in [1.165, 1.54) is 28.6 Å². The van der Waals surface area contributed by atoms with Crippen molar-refractivity contribution in [1.29, 1.82) is 0 Å². The number of nitrogens with two attached hydrogens (primary N) is 1. The van der Waals surface area contributed by atoms with Gasteiger partial charge in [0.05, 0.1) is 17.6 Å². The molecule has 3 N–H and O–H groups in total. The molecule has 1 aliphatic carbocycles. The molecule has 7 heteroatoms. The van der Waals surface area contributed by atoms with Crippen LogP contribution >= 0.6 is 11.3 Å². The second-order valence-electron chi connectivity index (χ2n) is 4.62. The summed E-state index contributed by atoms with van der Waals surface area (Å²) in [6.45, 7) is 0.154. The van der Waals surface area contributed by atoms with Crippen LogP contribution in [0, 0.1) is 0 Å². The van der Waals surface area contributed by atoms with E-state index in [1.807, 2.05) is 0 Å². The third kappa shape index (κ3) is 2.76. The van der Waals surface area contributed by atoms with Crippen molar-refractivity contribution in [1.82, 2.24) is 14.8 Å². The number of aryl methyl sites for hydroxylation is 2. The van der Waals surface area contributed by atoms with E-state index in [0.29, 0.717) is 10.8 Å². The van der Waals surface area contributed by atoms with Crippen molar-refractivity contribution >= 4 is 28.1 Å². The molecule has 0 fully saturated rings. The van der Waals surface area contributed by atoms with Gasteiger partial charge >= 0.3 is 0 Å². The van der Waals surface area contributed by atoms with Crippen molar-refractivity contribution < 1.29 is 4.79 Å². The Morgan fingerprint density at radius 3 is 3.05 bits per heavy atom. The molecule has 2 aromatic rings. The summed E-state index contributed by atoms with van der Waals surface area (Å²) in [4.78, 5) is 17.6. The first kappa shape index (κ1) is 12.2. The lowest BCUT2D eigenvalue weighted by atomic mass is 10.0. The van der Waals surface area contributed by atoms with Crippen LogP contribution in [0.15, 0.2) is 12.4 Å². The third-order valence-corrected chi connectivity index (χ3v) is 4.12. The fourth-order valence-electron chi connectivity index (χ4n) is 2.18. The molecule has 0 spiro atoms. The number of aromatic nitrogens is 3. The summed E-state index contributed by atoms with van der Waals surface area (Å²) in [6.07, 6.45) is 7.67. The molecule has 0 unspecified atom stereocenters. The molecule has 0 saturated carbocycles. The Balaban J connectivity index is 1.64. The van der Waals surface area contributed by atoms with E-state index in [4.69, 9.17) is 5.73 Å². The highest BCUT2D eigenvalue weighted by atomic mass is 32.1. The average molecular weight is 277 g/mol. The second-order valence-corrected chi connectivity index (χ2v) is 5.70. The van der Waals surface area contributed by atoms with Gasteiger partial charge in [-0.15, -0.1) is 11.3 Å². The van der Waals surface area contributed by atoms with Crippen LogP contribution in [0.5, 0.6) is 0 Å². The van der Waals surface area contributed by atoms with Gasteiger partial charge in [0.1, 0.15) is 6.54 Å². The lowest BCUT2D eigenvalue weighted by Gasteiger charge is -2.06. The van der Waals surface area contributed by atoms with Crippen molar-refractivity contribution in [3.05, 3.63) is 23.0 Å². The Morgan fingerprint density at radius 1 is 1.47 bits per heavy atom. The van der Waals surface area contributed by atoms with Crippen molar-refractivity contribution in [2.45, 2.75) is 32.2 Å². The summed E-state index contributed by atoms with van der Waals surface area (Å²) in [6, 6.07) is 0. The van der Waals surface area contributed by atoms with Gasteiger partial charge < -0.3 is 11.1 Å². The van der Waals surface area contributed by atoms with Crippen molar-refractivity contribution in [2.24, 2.45) is 0 Å². The zero-order chi connectivity index (χ0) is 13.2. The molecule has 0 aliphatic heterocycles. The van der Waals surface area contributed by atoms with Gasteiger partial charge in [-0.2, -0.15) is 5.10 Å². The molecule has 100 valence electrons. The van der Waals surface area contributed by atoms with Crippen molar-refractivity contribution in [2.75, 3.05) is 11.1 Å². The number of thiazole rings is 1. The summed E-state index contributed by atoms with van der Waals surface area (Å²) in [7, 11) is 0. The number of nitrogens with one attached hydrogen (secondary N) is 1. The first-order chi connectivity index (χ1) is 9.20. The number of hydrogen-bond acceptors (Lipinski definition) is 5. The lowest BCUT2D eigenvalue weighted by Crippen LogP contribution is -2.18. The Bertz CT molecular complexity index is 580. The number of carbonyl (C=O) groups is 1. The van der Waals surface area contributed by atoms with Gasteiger partial charge in [-0.25, -0.2) is 4.98 Å². The van der Waals surface area contributed by atoms with E-state index in [2.05, 4.69) is 15.4 Å². The number of nitrogens with zero attached hydrogens (tertiary/aromatic N) is 3. The molecule has 0 atom stereocenters. The summed E-state index contributed by atoms with van der Waals surface area (Å²) >= 11 is 1.58. The van der Waals surface area contributed by atoms with Crippen LogP contribution in [0.25, 0.3) is 0 Å². The number of nitrogen functional groups attached to an aromatic ring is 1. The fraction of sp³-hybridized carbons (Fsp3) is 0.417. The molecule has 0 saturated heterocycles. The van der Waals surface area contributed by atoms with E-state index < -0.39 is 0 Å². The smallest absolute Gasteiger partial charge is 0.247 e. The van der Waals surface area contributed by atoms with E-state index in [0.717, 1.165) is 18.5 Å². The van der Waals surface area contributed by atoms with Gasteiger partial charge in [-0.1, -0.05) is 0 Å². The van der Waals surface area contributed by atoms with E-state index >= 15 is 0 Å². The van der Waals surface area contributed by atoms with Crippen LogP contribution in [0.2, 0.25) is 0 Å². The van der Waals surface area contributed by atoms with Crippen molar-refractivity contribution in [3.63, 3.8) is 0 Å². The lowest BCUT2D eigenvalue weighted by molar-refractivity contribution is -0.116. The molecule has 0 aromatic carbocycles. The van der Waals surface area contributed by atoms with Gasteiger partial charge in [-0.3, -0.25) is 9.48 Å². The number of hydrogen-bond donors (Lipinski definition) is 2. The van der Waals surface area contributed by atoms with Gasteiger partial charge in [0.15, 0.2) is 5.13 Å². The number of rotatable bonds is 3. The SMILES string of the molecule is Nc1cnn(CC(=O)Nc2nc3c(s2)CCCC3)c1. The summed E-state index contributed by atoms with van der Waals surface area (Å²) < 4.78 is 1.51. The highest BCUT2D eigenvalue weighted by molar-refractivity contribution is 7.15. The molecule has 19 heavy (non-hydrogen) atoms. The van der Waals surface area contributed by atoms with Crippen molar-refractivity contribution in [3.8, 4) is 0 Å². The summed E-state index contributed by atoms with van der Waals surface area (Å²) in [5.74, 6) is -0.130. The van der Waals surface area contributed by atoms with Crippen LogP contribution in [0.4, 0.5) is 10.8 Å². The molecular weight excluding hydrogens is 262 g/mol. The largest absolute Gasteiger partial charge is 0.396 e. The van der Waals surface area contributed by atoms with E-state index in [9.17, 15) is 4.79 Å². The van der Waals surface area contributed by atoms with Crippen LogP contribution in [0.1, 0.15) is 23.4 Å². The molecule has 0 bridgehead atoms. The first-order valence-electron chi connectivity index (χ1n) is 6.27. The summed E-state index contributed by atoms with van der Waals surface area (Å²) in [5.41, 5.74) is 7.25. The van der Waals surface area contributed by atoms with Crippen LogP contribution in [-0.2, 0) is 24.2 Å². The average Bonchev–Trinajstić information content (AvgIpc) is 2.94. The van der Waals surface area contributed by atoms with Gasteiger partial charge in [-0.05, 0) is 25.7 Å². The van der Waals surface area contributed by atoms with Crippen LogP contribution < -0.4 is 11.1 Å². The van der Waals surface area contributed by atoms with Gasteiger partial charge in [0.2, 0.25) is 5.91 Å². The topological polar surface area (TPSA) is 85.8 Å². The zero-order valence-electron chi connectivity index (χ0n) is 10.4. The quantitative estimate of drug-likeness (QED) is 0.889. The second kappa shape index (κ2) is 5.00. The molecule has 6 nitrogen and oxygen atoms in total. The maximum absolute atomic E-state index is 11.9. The molecule has 1 aliphatic rings. The Morgan fingerprint density at radius 2 is 2.32 bits per heavy atom. The molecule has 1 amide bonds. The van der Waals surface area contributed by atoms with Crippen LogP contribution in [0.3, 0.4) is 0 Å². The minimum Gasteiger partial charge on any atom is -0.396 e. The number of carbonyl (C=O) groups excluding carboxylic acids is 1. The maximum atomic E-state index is 11.9. The monoisotopic (exact) mass is 277 g/mol.